The smallest absolute Gasteiger partial charge is 0.309 e. The number of piperidine rings is 1. The van der Waals surface area contributed by atoms with Gasteiger partial charge in [-0.15, -0.1) is 0 Å². The molecule has 3 aromatic carbocycles. The Morgan fingerprint density at radius 2 is 1.80 bits per heavy atom. The molecule has 0 radical (unpaired) electrons. The zero-order chi connectivity index (χ0) is 27.9. The maximum atomic E-state index is 13.3. The third-order valence-electron chi connectivity index (χ3n) is 7.62. The molecular formula is C32H33N5O3. The first-order valence-electron chi connectivity index (χ1n) is 13.6. The molecule has 0 spiro atoms. The topological polar surface area (TPSA) is 100 Å². The number of imidazole rings is 1. The minimum absolute atomic E-state index is 0.0466. The van der Waals surface area contributed by atoms with Crippen molar-refractivity contribution in [1.29, 1.82) is 5.26 Å². The number of nitrogens with zero attached hydrogens (tertiary/aromatic N) is 4. The summed E-state index contributed by atoms with van der Waals surface area (Å²) in [6, 6.07) is 24.2. The Labute approximate surface area is 234 Å². The van der Waals surface area contributed by atoms with Crippen LogP contribution in [-0.2, 0) is 33.8 Å². The van der Waals surface area contributed by atoms with Gasteiger partial charge >= 0.3 is 5.97 Å². The second kappa shape index (κ2) is 12.6. The number of likely N-dealkylation sites (tertiary alicyclic amines) is 1. The largest absolute Gasteiger partial charge is 0.469 e. The molecule has 1 N–H and O–H groups in total. The van der Waals surface area contributed by atoms with Gasteiger partial charge in [-0.1, -0.05) is 54.6 Å². The number of esters is 1. The predicted octanol–water partition coefficient (Wildman–Crippen LogP) is 3.93. The molecule has 8 heteroatoms. The first kappa shape index (κ1) is 27.1. The molecule has 2 heterocycles. The van der Waals surface area contributed by atoms with Crippen molar-refractivity contribution in [3.8, 4) is 6.07 Å². The lowest BCUT2D eigenvalue weighted by Gasteiger charge is -2.36. The number of fused-ring (bicyclic) bond motifs is 1. The normalized spacial score (nSPS) is 17.3. The molecule has 0 aliphatic carbocycles. The molecule has 1 fully saturated rings. The fourth-order valence-electron chi connectivity index (χ4n) is 5.56. The number of amides is 1. The highest BCUT2D eigenvalue weighted by Gasteiger charge is 2.35. The van der Waals surface area contributed by atoms with E-state index in [4.69, 9.17) is 10.00 Å². The number of carbonyl (C=O) groups is 2. The van der Waals surface area contributed by atoms with Crippen LogP contribution in [0, 0.1) is 23.2 Å². The predicted molar refractivity (Wildman–Crippen MR) is 152 cm³/mol. The standard InChI is InChI=1S/C32H33N5O3/c1-40-32(39)28-15-27(20-36(21-28)19-26-7-4-6-25-5-2-3-8-30(25)26)31(38)35-14-13-29-17-34-22-37(29)18-24-11-9-23(16-33)10-12-24/h2-12,17,22,27-28H,13-15,18-21H2,1H3,(H,35,38). The average Bonchev–Trinajstić information content (AvgIpc) is 3.43. The first-order chi connectivity index (χ1) is 19.5. The van der Waals surface area contributed by atoms with Crippen LogP contribution in [0.15, 0.2) is 79.3 Å². The van der Waals surface area contributed by atoms with E-state index in [-0.39, 0.29) is 23.7 Å². The van der Waals surface area contributed by atoms with Crippen LogP contribution in [0.5, 0.6) is 0 Å². The SMILES string of the molecule is COC(=O)C1CC(C(=O)NCCc2cncn2Cc2ccc(C#N)cc2)CN(Cc2cccc3ccccc23)C1. The molecule has 1 aliphatic rings. The third-order valence-corrected chi connectivity index (χ3v) is 7.62. The fourth-order valence-corrected chi connectivity index (χ4v) is 5.56. The molecule has 1 aromatic heterocycles. The van der Waals surface area contributed by atoms with Crippen molar-refractivity contribution in [2.45, 2.75) is 25.9 Å². The second-order valence-electron chi connectivity index (χ2n) is 10.3. The summed E-state index contributed by atoms with van der Waals surface area (Å²) < 4.78 is 7.12. The van der Waals surface area contributed by atoms with Crippen molar-refractivity contribution in [3.63, 3.8) is 0 Å². The lowest BCUT2D eigenvalue weighted by Crippen LogP contribution is -2.48. The van der Waals surface area contributed by atoms with E-state index in [1.807, 2.05) is 47.2 Å². The Hall–Kier alpha value is -4.48. The molecule has 0 bridgehead atoms. The van der Waals surface area contributed by atoms with Crippen molar-refractivity contribution in [2.75, 3.05) is 26.7 Å². The van der Waals surface area contributed by atoms with Gasteiger partial charge in [0.05, 0.1) is 36.9 Å². The summed E-state index contributed by atoms with van der Waals surface area (Å²) >= 11 is 0. The molecule has 1 saturated heterocycles. The summed E-state index contributed by atoms with van der Waals surface area (Å²) in [6.45, 7) is 2.92. The summed E-state index contributed by atoms with van der Waals surface area (Å²) in [4.78, 5) is 32.3. The van der Waals surface area contributed by atoms with E-state index < -0.39 is 0 Å². The number of methoxy groups -OCH3 is 1. The van der Waals surface area contributed by atoms with Crippen LogP contribution in [0.4, 0.5) is 0 Å². The van der Waals surface area contributed by atoms with Crippen molar-refractivity contribution in [1.82, 2.24) is 19.8 Å². The van der Waals surface area contributed by atoms with Crippen LogP contribution >= 0.6 is 0 Å². The van der Waals surface area contributed by atoms with Crippen LogP contribution in [0.1, 0.15) is 28.8 Å². The van der Waals surface area contributed by atoms with Crippen LogP contribution in [0.25, 0.3) is 10.8 Å². The van der Waals surface area contributed by atoms with Gasteiger partial charge < -0.3 is 14.6 Å². The Bertz CT molecular complexity index is 1520. The Morgan fingerprint density at radius 1 is 1.02 bits per heavy atom. The molecule has 40 heavy (non-hydrogen) atoms. The van der Waals surface area contributed by atoms with Crippen LogP contribution < -0.4 is 5.32 Å². The summed E-state index contributed by atoms with van der Waals surface area (Å²) in [7, 11) is 1.40. The third kappa shape index (κ3) is 6.38. The van der Waals surface area contributed by atoms with Crippen LogP contribution in [0.2, 0.25) is 0 Å². The number of benzene rings is 3. The maximum Gasteiger partial charge on any atom is 0.309 e. The van der Waals surface area contributed by atoms with Gasteiger partial charge in [-0.25, -0.2) is 4.98 Å². The van der Waals surface area contributed by atoms with E-state index in [1.165, 1.54) is 23.4 Å². The number of rotatable bonds is 9. The Morgan fingerprint density at radius 3 is 2.60 bits per heavy atom. The van der Waals surface area contributed by atoms with E-state index >= 15 is 0 Å². The summed E-state index contributed by atoms with van der Waals surface area (Å²) in [5.41, 5.74) is 3.89. The summed E-state index contributed by atoms with van der Waals surface area (Å²) in [5.74, 6) is -0.975. The molecule has 4 aromatic rings. The number of aromatic nitrogens is 2. The molecule has 1 aliphatic heterocycles. The van der Waals surface area contributed by atoms with E-state index in [1.54, 1.807) is 6.33 Å². The molecule has 8 nitrogen and oxygen atoms in total. The van der Waals surface area contributed by atoms with Gasteiger partial charge in [0.15, 0.2) is 0 Å². The monoisotopic (exact) mass is 535 g/mol. The quantitative estimate of drug-likeness (QED) is 0.326. The van der Waals surface area contributed by atoms with Crippen molar-refractivity contribution < 1.29 is 14.3 Å². The van der Waals surface area contributed by atoms with E-state index in [2.05, 4.69) is 51.6 Å². The lowest BCUT2D eigenvalue weighted by atomic mass is 9.88. The van der Waals surface area contributed by atoms with E-state index in [0.29, 0.717) is 51.1 Å². The summed E-state index contributed by atoms with van der Waals surface area (Å²) in [6.07, 6.45) is 4.70. The van der Waals surface area contributed by atoms with Gasteiger partial charge in [0, 0.05) is 51.0 Å². The number of hydrogen-bond acceptors (Lipinski definition) is 6. The van der Waals surface area contributed by atoms with Gasteiger partial charge in [0.25, 0.3) is 0 Å². The molecule has 2 atom stereocenters. The first-order valence-corrected chi connectivity index (χ1v) is 13.6. The number of nitriles is 1. The number of hydrogen-bond donors (Lipinski definition) is 1. The Balaban J connectivity index is 1.21. The maximum absolute atomic E-state index is 13.3. The van der Waals surface area contributed by atoms with Crippen molar-refractivity contribution >= 4 is 22.6 Å². The van der Waals surface area contributed by atoms with E-state index in [0.717, 1.165) is 11.3 Å². The lowest BCUT2D eigenvalue weighted by molar-refractivity contribution is -0.149. The number of nitrogens with one attached hydrogen (secondary N) is 1. The highest BCUT2D eigenvalue weighted by atomic mass is 16.5. The molecule has 2 unspecified atom stereocenters. The van der Waals surface area contributed by atoms with Crippen molar-refractivity contribution in [2.24, 2.45) is 11.8 Å². The minimum atomic E-state index is -0.349. The Kier molecular flexibility index (Phi) is 8.53. The average molecular weight is 536 g/mol. The van der Waals surface area contributed by atoms with Crippen LogP contribution in [0.3, 0.4) is 0 Å². The van der Waals surface area contributed by atoms with Gasteiger partial charge in [0.1, 0.15) is 0 Å². The molecule has 1 amide bonds. The zero-order valence-electron chi connectivity index (χ0n) is 22.6. The molecular weight excluding hydrogens is 502 g/mol. The highest BCUT2D eigenvalue weighted by molar-refractivity contribution is 5.85. The van der Waals surface area contributed by atoms with Crippen LogP contribution in [-0.4, -0.2) is 53.1 Å². The van der Waals surface area contributed by atoms with Gasteiger partial charge in [0.2, 0.25) is 5.91 Å². The molecule has 204 valence electrons. The number of carbonyl (C=O) groups excluding carboxylic acids is 2. The van der Waals surface area contributed by atoms with E-state index in [9.17, 15) is 9.59 Å². The minimum Gasteiger partial charge on any atom is -0.469 e. The molecule has 5 rings (SSSR count). The summed E-state index contributed by atoms with van der Waals surface area (Å²) in [5, 5.41) is 14.5. The molecule has 0 saturated carbocycles. The van der Waals surface area contributed by atoms with Crippen molar-refractivity contribution in [3.05, 3.63) is 102 Å². The zero-order valence-corrected chi connectivity index (χ0v) is 22.6. The van der Waals surface area contributed by atoms with Gasteiger partial charge in [-0.2, -0.15) is 5.26 Å². The highest BCUT2D eigenvalue weighted by Crippen LogP contribution is 2.27. The second-order valence-corrected chi connectivity index (χ2v) is 10.3. The van der Waals surface area contributed by atoms with Gasteiger partial charge in [-0.3, -0.25) is 14.5 Å². The van der Waals surface area contributed by atoms with Gasteiger partial charge in [-0.05, 0) is 40.5 Å². The fraction of sp³-hybridized carbons (Fsp3) is 0.312. The number of ether oxygens (including phenoxy) is 1.